The minimum absolute atomic E-state index is 0.0888. The van der Waals surface area contributed by atoms with Gasteiger partial charge in [-0.05, 0) is 55.2 Å². The average molecular weight is 347 g/mol. The number of aromatic carboxylic acids is 1. The molecular weight excluding hydrogens is 330 g/mol. The maximum absolute atomic E-state index is 11.0. The van der Waals surface area contributed by atoms with Gasteiger partial charge in [0.05, 0.1) is 11.7 Å². The smallest absolute Gasteiger partial charge is 0.0715 e. The maximum atomic E-state index is 11.0. The molecule has 132 valence electrons. The monoisotopic (exact) mass is 347 g/mol. The van der Waals surface area contributed by atoms with E-state index in [1.54, 1.807) is 12.1 Å². The van der Waals surface area contributed by atoms with E-state index in [0.29, 0.717) is 6.42 Å². The van der Waals surface area contributed by atoms with E-state index in [-0.39, 0.29) is 12.0 Å². The van der Waals surface area contributed by atoms with Crippen molar-refractivity contribution in [2.75, 3.05) is 0 Å². The molecule has 0 aliphatic heterocycles. The summed E-state index contributed by atoms with van der Waals surface area (Å²) in [6.45, 7) is 2.01. The summed E-state index contributed by atoms with van der Waals surface area (Å²) in [5.41, 5.74) is 4.69. The summed E-state index contributed by atoms with van der Waals surface area (Å²) in [4.78, 5) is 21.8. The first-order valence-corrected chi connectivity index (χ1v) is 8.25. The summed E-state index contributed by atoms with van der Waals surface area (Å²) in [6, 6.07) is 18.2. The van der Waals surface area contributed by atoms with Crippen LogP contribution in [0.3, 0.4) is 0 Å². The van der Waals surface area contributed by atoms with E-state index in [0.717, 1.165) is 28.2 Å². The van der Waals surface area contributed by atoms with Gasteiger partial charge in [0.25, 0.3) is 0 Å². The van der Waals surface area contributed by atoms with Crippen molar-refractivity contribution in [2.24, 2.45) is 0 Å². The molecule has 0 N–H and O–H groups in total. The van der Waals surface area contributed by atoms with Gasteiger partial charge in [0, 0.05) is 17.4 Å². The number of benzene rings is 2. The summed E-state index contributed by atoms with van der Waals surface area (Å²) in [5.74, 6) is -2.35. The lowest BCUT2D eigenvalue weighted by Crippen LogP contribution is -2.23. The van der Waals surface area contributed by atoms with Crippen LogP contribution in [0.5, 0.6) is 0 Å². The molecule has 5 nitrogen and oxygen atoms in total. The Morgan fingerprint density at radius 3 is 2.12 bits per heavy atom. The Bertz CT molecular complexity index is 937. The fraction of sp³-hybridized carbons (Fsp3) is 0.143. The fourth-order valence-electron chi connectivity index (χ4n) is 2.91. The number of aryl methyl sites for hydroxylation is 2. The topological polar surface area (TPSA) is 85.2 Å². The Hall–Kier alpha value is -3.34. The normalized spacial score (nSPS) is 10.7. The molecule has 0 fully saturated rings. The van der Waals surface area contributed by atoms with Crippen molar-refractivity contribution in [1.29, 1.82) is 0 Å². The van der Waals surface area contributed by atoms with Gasteiger partial charge in [-0.1, -0.05) is 42.0 Å². The standard InChI is InChI=1S/C21H19NO4/c1-14-2-4-15(5-3-14)19-12-10-18(11-13-20(23)24)22(19)17-8-6-16(7-9-17)21(25)26/h2-10,12H,11,13H2,1H3,(H,23,24)(H,25,26)/p-2. The molecule has 5 heteroatoms. The van der Waals surface area contributed by atoms with Crippen molar-refractivity contribution in [3.05, 3.63) is 77.5 Å². The number of carboxylic acids is 2. The first kappa shape index (κ1) is 17.5. The lowest BCUT2D eigenvalue weighted by Gasteiger charge is -2.15. The van der Waals surface area contributed by atoms with Crippen LogP contribution in [-0.2, 0) is 11.2 Å². The van der Waals surface area contributed by atoms with E-state index in [1.165, 1.54) is 12.1 Å². The zero-order valence-corrected chi connectivity index (χ0v) is 14.3. The highest BCUT2D eigenvalue weighted by Crippen LogP contribution is 2.28. The summed E-state index contributed by atoms with van der Waals surface area (Å²) in [7, 11) is 0. The van der Waals surface area contributed by atoms with Crippen LogP contribution in [0, 0.1) is 6.92 Å². The molecule has 1 aromatic heterocycles. The summed E-state index contributed by atoms with van der Waals surface area (Å²) >= 11 is 0. The molecular formula is C21H17NO4-2. The second kappa shape index (κ2) is 7.27. The molecule has 1 heterocycles. The lowest BCUT2D eigenvalue weighted by atomic mass is 10.1. The molecule has 0 aliphatic rings. The van der Waals surface area contributed by atoms with E-state index in [9.17, 15) is 19.8 Å². The van der Waals surface area contributed by atoms with Crippen molar-refractivity contribution >= 4 is 11.9 Å². The summed E-state index contributed by atoms with van der Waals surface area (Å²) in [6.07, 6.45) is 0.227. The van der Waals surface area contributed by atoms with Crippen LogP contribution in [0.1, 0.15) is 28.0 Å². The molecule has 3 rings (SSSR count). The highest BCUT2D eigenvalue weighted by Gasteiger charge is 2.12. The van der Waals surface area contributed by atoms with Gasteiger partial charge in [-0.2, -0.15) is 0 Å². The van der Waals surface area contributed by atoms with Gasteiger partial charge in [0.2, 0.25) is 0 Å². The quantitative estimate of drug-likeness (QED) is 0.676. The van der Waals surface area contributed by atoms with Crippen LogP contribution in [0.15, 0.2) is 60.7 Å². The Morgan fingerprint density at radius 1 is 0.885 bits per heavy atom. The van der Waals surface area contributed by atoms with Crippen molar-refractivity contribution in [3.8, 4) is 16.9 Å². The van der Waals surface area contributed by atoms with Crippen molar-refractivity contribution in [1.82, 2.24) is 4.57 Å². The van der Waals surface area contributed by atoms with E-state index in [2.05, 4.69) is 0 Å². The molecule has 0 aliphatic carbocycles. The lowest BCUT2D eigenvalue weighted by molar-refractivity contribution is -0.305. The van der Waals surface area contributed by atoms with Crippen molar-refractivity contribution in [3.63, 3.8) is 0 Å². The van der Waals surface area contributed by atoms with E-state index in [1.807, 2.05) is 47.9 Å². The van der Waals surface area contributed by atoms with Gasteiger partial charge in [0.15, 0.2) is 0 Å². The second-order valence-electron chi connectivity index (χ2n) is 6.12. The molecule has 0 saturated heterocycles. The van der Waals surface area contributed by atoms with Gasteiger partial charge >= 0.3 is 0 Å². The minimum Gasteiger partial charge on any atom is -0.550 e. The second-order valence-corrected chi connectivity index (χ2v) is 6.12. The first-order chi connectivity index (χ1) is 12.5. The number of aliphatic carboxylic acids is 1. The zero-order valence-electron chi connectivity index (χ0n) is 14.3. The Morgan fingerprint density at radius 2 is 1.54 bits per heavy atom. The molecule has 26 heavy (non-hydrogen) atoms. The number of carbonyl (C=O) groups excluding carboxylic acids is 2. The number of carboxylic acid groups (broad SMARTS) is 2. The molecule has 0 bridgehead atoms. The third-order valence-electron chi connectivity index (χ3n) is 4.26. The van der Waals surface area contributed by atoms with Gasteiger partial charge in [-0.25, -0.2) is 0 Å². The number of carbonyl (C=O) groups is 2. The molecule has 0 atom stereocenters. The minimum atomic E-state index is -1.24. The molecule has 0 saturated carbocycles. The Labute approximate surface area is 151 Å². The highest BCUT2D eigenvalue weighted by atomic mass is 16.4. The summed E-state index contributed by atoms with van der Waals surface area (Å²) in [5, 5.41) is 21.8. The number of hydrogen-bond donors (Lipinski definition) is 0. The van der Waals surface area contributed by atoms with Gasteiger partial charge in [0.1, 0.15) is 0 Å². The number of rotatable bonds is 6. The largest absolute Gasteiger partial charge is 0.550 e. The number of aromatic nitrogens is 1. The van der Waals surface area contributed by atoms with Crippen LogP contribution in [-0.4, -0.2) is 16.5 Å². The average Bonchev–Trinajstić information content (AvgIpc) is 3.04. The van der Waals surface area contributed by atoms with E-state index < -0.39 is 11.9 Å². The predicted octanol–water partition coefficient (Wildman–Crippen LogP) is 1.50. The van der Waals surface area contributed by atoms with Crippen LogP contribution in [0.4, 0.5) is 0 Å². The van der Waals surface area contributed by atoms with Gasteiger partial charge in [-0.3, -0.25) is 0 Å². The molecule has 0 unspecified atom stereocenters. The van der Waals surface area contributed by atoms with Crippen LogP contribution in [0.25, 0.3) is 16.9 Å². The van der Waals surface area contributed by atoms with Crippen LogP contribution in [0.2, 0.25) is 0 Å². The highest BCUT2D eigenvalue weighted by molar-refractivity contribution is 5.86. The summed E-state index contributed by atoms with van der Waals surface area (Å²) < 4.78 is 1.94. The molecule has 0 spiro atoms. The Balaban J connectivity index is 2.09. The number of nitrogens with zero attached hydrogens (tertiary/aromatic N) is 1. The zero-order chi connectivity index (χ0) is 18.7. The van der Waals surface area contributed by atoms with Gasteiger partial charge < -0.3 is 24.4 Å². The van der Waals surface area contributed by atoms with Gasteiger partial charge in [-0.15, -0.1) is 0 Å². The Kier molecular flexibility index (Phi) is 4.89. The maximum Gasteiger partial charge on any atom is 0.0715 e. The van der Waals surface area contributed by atoms with Crippen LogP contribution >= 0.6 is 0 Å². The van der Waals surface area contributed by atoms with E-state index in [4.69, 9.17) is 0 Å². The molecule has 0 radical (unpaired) electrons. The third-order valence-corrected chi connectivity index (χ3v) is 4.26. The molecule has 0 amide bonds. The van der Waals surface area contributed by atoms with Crippen LogP contribution < -0.4 is 10.2 Å². The predicted molar refractivity (Wildman–Crippen MR) is 93.6 cm³/mol. The fourth-order valence-corrected chi connectivity index (χ4v) is 2.91. The first-order valence-electron chi connectivity index (χ1n) is 8.25. The third kappa shape index (κ3) is 3.67. The van der Waals surface area contributed by atoms with E-state index >= 15 is 0 Å². The number of hydrogen-bond acceptors (Lipinski definition) is 4. The molecule has 2 aromatic carbocycles. The van der Waals surface area contributed by atoms with Crippen molar-refractivity contribution < 1.29 is 19.8 Å². The SMILES string of the molecule is Cc1ccc(-c2ccc(CCC(=O)[O-])n2-c2ccc(C(=O)[O-])cc2)cc1. The molecule has 3 aromatic rings. The van der Waals surface area contributed by atoms with Crippen molar-refractivity contribution in [2.45, 2.75) is 19.8 Å².